The predicted octanol–water partition coefficient (Wildman–Crippen LogP) is 2.09. The Morgan fingerprint density at radius 1 is 1.62 bits per heavy atom. The Kier molecular flexibility index (Phi) is 3.76. The van der Waals surface area contributed by atoms with Crippen LogP contribution in [-0.4, -0.2) is 17.6 Å². The second-order valence-corrected chi connectivity index (χ2v) is 3.11. The number of rotatable bonds is 3. The summed E-state index contributed by atoms with van der Waals surface area (Å²) in [5.74, 6) is -0.846. The maximum absolute atomic E-state index is 12.6. The Hall–Kier alpha value is -1.72. The van der Waals surface area contributed by atoms with Crippen LogP contribution in [0.5, 0.6) is 0 Å². The number of carbonyl (C=O) groups excluding carboxylic acids is 1. The fraction of sp³-hybridized carbons (Fsp3) is 0.400. The van der Waals surface area contributed by atoms with Crippen LogP contribution in [0.1, 0.15) is 35.0 Å². The fourth-order valence-corrected chi connectivity index (χ4v) is 1.23. The molecule has 1 aromatic rings. The van der Waals surface area contributed by atoms with Crippen molar-refractivity contribution in [2.45, 2.75) is 20.3 Å². The number of nitrogen functional groups attached to an aromatic ring is 1. The number of esters is 1. The number of hydrogen-bond acceptors (Lipinski definition) is 4. The molecule has 1 heterocycles. The van der Waals surface area contributed by atoms with Gasteiger partial charge in [-0.1, -0.05) is 0 Å². The Bertz CT molecular complexity index is 408. The molecular formula is C10H12F2N2O2. The van der Waals surface area contributed by atoms with Crippen LogP contribution >= 0.6 is 0 Å². The molecule has 0 unspecified atom stereocenters. The predicted molar refractivity (Wildman–Crippen MR) is 54.3 cm³/mol. The third kappa shape index (κ3) is 2.26. The number of hydrogen-bond donors (Lipinski definition) is 1. The van der Waals surface area contributed by atoms with Crippen molar-refractivity contribution in [3.63, 3.8) is 0 Å². The van der Waals surface area contributed by atoms with Crippen molar-refractivity contribution in [1.82, 2.24) is 4.98 Å². The number of pyridine rings is 1. The van der Waals surface area contributed by atoms with E-state index in [0.717, 1.165) is 6.20 Å². The van der Waals surface area contributed by atoms with Gasteiger partial charge in [0.15, 0.2) is 0 Å². The third-order valence-corrected chi connectivity index (χ3v) is 2.06. The molecule has 0 saturated heterocycles. The first-order valence-electron chi connectivity index (χ1n) is 4.69. The number of anilines is 1. The summed E-state index contributed by atoms with van der Waals surface area (Å²) in [6.45, 7) is 3.22. The molecule has 0 amide bonds. The number of aryl methyl sites for hydroxylation is 1. The van der Waals surface area contributed by atoms with Crippen molar-refractivity contribution in [3.05, 3.63) is 23.0 Å². The first-order valence-corrected chi connectivity index (χ1v) is 4.69. The van der Waals surface area contributed by atoms with Gasteiger partial charge in [0, 0.05) is 6.20 Å². The second-order valence-electron chi connectivity index (χ2n) is 3.11. The van der Waals surface area contributed by atoms with Crippen LogP contribution in [-0.2, 0) is 4.74 Å². The lowest BCUT2D eigenvalue weighted by atomic mass is 10.1. The number of nitrogens with zero attached hydrogens (tertiary/aromatic N) is 1. The van der Waals surface area contributed by atoms with E-state index in [0.29, 0.717) is 5.69 Å². The largest absolute Gasteiger partial charge is 0.462 e. The normalized spacial score (nSPS) is 10.6. The molecule has 0 aromatic carbocycles. The smallest absolute Gasteiger partial charge is 0.340 e. The topological polar surface area (TPSA) is 65.2 Å². The fourth-order valence-electron chi connectivity index (χ4n) is 1.23. The van der Waals surface area contributed by atoms with Gasteiger partial charge in [-0.2, -0.15) is 0 Å². The molecular weight excluding hydrogens is 218 g/mol. The van der Waals surface area contributed by atoms with Crippen LogP contribution in [0.25, 0.3) is 0 Å². The number of halogens is 2. The number of ether oxygens (including phenoxy) is 1. The van der Waals surface area contributed by atoms with Gasteiger partial charge >= 0.3 is 5.97 Å². The van der Waals surface area contributed by atoms with Crippen molar-refractivity contribution < 1.29 is 18.3 Å². The first kappa shape index (κ1) is 12.4. The maximum atomic E-state index is 12.6. The average molecular weight is 230 g/mol. The number of aromatic nitrogens is 1. The number of carbonyl (C=O) groups is 1. The molecule has 0 bridgehead atoms. The highest BCUT2D eigenvalue weighted by molar-refractivity contribution is 5.97. The van der Waals surface area contributed by atoms with E-state index in [1.165, 1.54) is 6.92 Å². The maximum Gasteiger partial charge on any atom is 0.340 e. The lowest BCUT2D eigenvalue weighted by molar-refractivity contribution is 0.0516. The number of nitrogens with two attached hydrogens (primary N) is 1. The molecule has 0 saturated carbocycles. The van der Waals surface area contributed by atoms with Gasteiger partial charge < -0.3 is 10.5 Å². The second kappa shape index (κ2) is 4.87. The Labute approximate surface area is 91.4 Å². The lowest BCUT2D eigenvalue weighted by Gasteiger charge is -2.11. The van der Waals surface area contributed by atoms with Crippen LogP contribution < -0.4 is 5.73 Å². The van der Waals surface area contributed by atoms with Gasteiger partial charge in [0.1, 0.15) is 0 Å². The van der Waals surface area contributed by atoms with E-state index in [2.05, 4.69) is 9.72 Å². The molecule has 0 aliphatic carbocycles. The highest BCUT2D eigenvalue weighted by Crippen LogP contribution is 2.28. The Morgan fingerprint density at radius 3 is 2.75 bits per heavy atom. The summed E-state index contributed by atoms with van der Waals surface area (Å²) in [6, 6.07) is 0. The SMILES string of the molecule is CCOC(=O)c1c(C(F)F)cnc(C)c1N. The summed E-state index contributed by atoms with van der Waals surface area (Å²) < 4.78 is 29.9. The van der Waals surface area contributed by atoms with Crippen LogP contribution in [0.2, 0.25) is 0 Å². The molecule has 16 heavy (non-hydrogen) atoms. The molecule has 0 aliphatic rings. The van der Waals surface area contributed by atoms with Crippen molar-refractivity contribution in [2.24, 2.45) is 0 Å². The van der Waals surface area contributed by atoms with Gasteiger partial charge in [0.25, 0.3) is 6.43 Å². The highest BCUT2D eigenvalue weighted by atomic mass is 19.3. The zero-order valence-electron chi connectivity index (χ0n) is 8.96. The van der Waals surface area contributed by atoms with E-state index in [4.69, 9.17) is 5.73 Å². The molecule has 0 atom stereocenters. The summed E-state index contributed by atoms with van der Waals surface area (Å²) in [5, 5.41) is 0. The van der Waals surface area contributed by atoms with Crippen molar-refractivity contribution >= 4 is 11.7 Å². The summed E-state index contributed by atoms with van der Waals surface area (Å²) >= 11 is 0. The molecule has 0 radical (unpaired) electrons. The van der Waals surface area contributed by atoms with Gasteiger partial charge in [0.05, 0.1) is 29.1 Å². The summed E-state index contributed by atoms with van der Waals surface area (Å²) in [4.78, 5) is 15.2. The van der Waals surface area contributed by atoms with Gasteiger partial charge in [-0.05, 0) is 13.8 Å². The monoisotopic (exact) mass is 230 g/mol. The molecule has 2 N–H and O–H groups in total. The van der Waals surface area contributed by atoms with Gasteiger partial charge in [-0.15, -0.1) is 0 Å². The minimum atomic E-state index is -2.81. The Balaban J connectivity index is 3.31. The van der Waals surface area contributed by atoms with Crippen LogP contribution in [0, 0.1) is 6.92 Å². The molecule has 0 fully saturated rings. The molecule has 0 spiro atoms. The van der Waals surface area contributed by atoms with E-state index in [-0.39, 0.29) is 17.9 Å². The van der Waals surface area contributed by atoms with E-state index < -0.39 is 18.0 Å². The number of alkyl halides is 2. The first-order chi connectivity index (χ1) is 7.49. The summed E-state index contributed by atoms with van der Waals surface area (Å²) in [5.41, 5.74) is 5.04. The Morgan fingerprint density at radius 2 is 2.25 bits per heavy atom. The summed E-state index contributed by atoms with van der Waals surface area (Å²) in [6.07, 6.45) is -1.86. The van der Waals surface area contributed by atoms with Crippen LogP contribution in [0.15, 0.2) is 6.20 Å². The average Bonchev–Trinajstić information content (AvgIpc) is 2.21. The lowest BCUT2D eigenvalue weighted by Crippen LogP contribution is -2.13. The zero-order chi connectivity index (χ0) is 12.3. The minimum absolute atomic E-state index is 0.0590. The molecule has 0 aliphatic heterocycles. The molecule has 6 heteroatoms. The molecule has 1 aromatic heterocycles. The van der Waals surface area contributed by atoms with Crippen molar-refractivity contribution in [1.29, 1.82) is 0 Å². The standard InChI is InChI=1S/C10H12F2N2O2/c1-3-16-10(15)7-6(9(11)12)4-14-5(2)8(7)13/h4,9H,3,13H2,1-2H3. The van der Waals surface area contributed by atoms with Gasteiger partial charge in [-0.25, -0.2) is 13.6 Å². The van der Waals surface area contributed by atoms with E-state index in [9.17, 15) is 13.6 Å². The van der Waals surface area contributed by atoms with Gasteiger partial charge in [0.2, 0.25) is 0 Å². The molecule has 88 valence electrons. The molecule has 1 rings (SSSR count). The summed E-state index contributed by atoms with van der Waals surface area (Å²) in [7, 11) is 0. The third-order valence-electron chi connectivity index (χ3n) is 2.06. The van der Waals surface area contributed by atoms with Crippen LogP contribution in [0.4, 0.5) is 14.5 Å². The van der Waals surface area contributed by atoms with E-state index in [1.807, 2.05) is 0 Å². The van der Waals surface area contributed by atoms with Crippen molar-refractivity contribution in [3.8, 4) is 0 Å². The van der Waals surface area contributed by atoms with Crippen LogP contribution in [0.3, 0.4) is 0 Å². The van der Waals surface area contributed by atoms with Gasteiger partial charge in [-0.3, -0.25) is 4.98 Å². The highest BCUT2D eigenvalue weighted by Gasteiger charge is 2.23. The van der Waals surface area contributed by atoms with Crippen molar-refractivity contribution in [2.75, 3.05) is 12.3 Å². The van der Waals surface area contributed by atoms with E-state index >= 15 is 0 Å². The van der Waals surface area contributed by atoms with E-state index in [1.54, 1.807) is 6.92 Å². The minimum Gasteiger partial charge on any atom is -0.462 e. The zero-order valence-corrected chi connectivity index (χ0v) is 8.96. The molecule has 4 nitrogen and oxygen atoms in total. The quantitative estimate of drug-likeness (QED) is 0.807.